The number of aliphatic imine (C=N–C) groups is 1. The molecule has 0 spiro atoms. The number of halogens is 4. The van der Waals surface area contributed by atoms with Crippen molar-refractivity contribution in [2.75, 3.05) is 6.54 Å². The molecule has 2 aromatic rings. The average molecular weight is 548 g/mol. The fraction of sp³-hybridized carbons (Fsp3) is 0.333. The molecule has 0 bridgehead atoms. The van der Waals surface area contributed by atoms with Gasteiger partial charge in [0.15, 0.2) is 5.96 Å². The number of ether oxygens (including phenoxy) is 1. The highest BCUT2D eigenvalue weighted by atomic mass is 127. The van der Waals surface area contributed by atoms with Gasteiger partial charge in [0.05, 0.1) is 6.54 Å². The zero-order valence-corrected chi connectivity index (χ0v) is 19.0. The van der Waals surface area contributed by atoms with E-state index >= 15 is 0 Å². The Labute approximate surface area is 195 Å². The van der Waals surface area contributed by atoms with Crippen molar-refractivity contribution in [3.05, 3.63) is 65.2 Å². The molecule has 1 amide bonds. The molecule has 1 heterocycles. The third kappa shape index (κ3) is 8.27. The predicted octanol–water partition coefficient (Wildman–Crippen LogP) is 3.93. The molecule has 1 saturated heterocycles. The molecule has 0 unspecified atom stereocenters. The minimum Gasteiger partial charge on any atom is -0.406 e. The number of amides is 1. The molecule has 168 valence electrons. The summed E-state index contributed by atoms with van der Waals surface area (Å²) >= 11 is 0. The molecule has 10 heteroatoms. The van der Waals surface area contributed by atoms with Crippen LogP contribution in [0.5, 0.6) is 5.75 Å². The van der Waals surface area contributed by atoms with Gasteiger partial charge in [0.2, 0.25) is 5.91 Å². The summed E-state index contributed by atoms with van der Waals surface area (Å²) in [7, 11) is 0. The van der Waals surface area contributed by atoms with Crippen LogP contribution in [0.3, 0.4) is 0 Å². The fourth-order valence-corrected chi connectivity index (χ4v) is 3.08. The monoisotopic (exact) mass is 548 g/mol. The second-order valence-electron chi connectivity index (χ2n) is 6.98. The zero-order chi connectivity index (χ0) is 21.6. The van der Waals surface area contributed by atoms with E-state index in [0.29, 0.717) is 25.1 Å². The number of carbonyl (C=O) groups excluding carboxylic acids is 1. The Morgan fingerprint density at radius 2 is 1.68 bits per heavy atom. The second-order valence-corrected chi connectivity index (χ2v) is 6.98. The lowest BCUT2D eigenvalue weighted by Crippen LogP contribution is -2.31. The largest absolute Gasteiger partial charge is 0.573 e. The van der Waals surface area contributed by atoms with E-state index in [2.05, 4.69) is 15.0 Å². The van der Waals surface area contributed by atoms with Crippen LogP contribution in [0.2, 0.25) is 0 Å². The van der Waals surface area contributed by atoms with Crippen LogP contribution in [0.1, 0.15) is 29.5 Å². The van der Waals surface area contributed by atoms with Gasteiger partial charge in [0.1, 0.15) is 5.75 Å². The Morgan fingerprint density at radius 1 is 1.06 bits per heavy atom. The molecule has 1 fully saturated rings. The summed E-state index contributed by atoms with van der Waals surface area (Å²) in [6, 6.07) is 13.4. The molecule has 0 radical (unpaired) electrons. The first kappa shape index (κ1) is 24.8. The van der Waals surface area contributed by atoms with Crippen LogP contribution < -0.4 is 15.8 Å². The highest BCUT2D eigenvalue weighted by Crippen LogP contribution is 2.22. The smallest absolute Gasteiger partial charge is 0.406 e. The maximum atomic E-state index is 12.2. The first-order chi connectivity index (χ1) is 14.3. The van der Waals surface area contributed by atoms with Crippen LogP contribution in [0, 0.1) is 0 Å². The highest BCUT2D eigenvalue weighted by molar-refractivity contribution is 14.0. The van der Waals surface area contributed by atoms with Gasteiger partial charge in [-0.15, -0.1) is 37.1 Å². The van der Waals surface area contributed by atoms with Crippen molar-refractivity contribution in [2.24, 2.45) is 10.7 Å². The SMILES string of the molecule is I.NC(=NCc1ccc(OC(F)(F)F)cc1)NCc1ccc(CN2CCCC2=O)cc1. The summed E-state index contributed by atoms with van der Waals surface area (Å²) in [6.07, 6.45) is -3.16. The van der Waals surface area contributed by atoms with Gasteiger partial charge < -0.3 is 20.7 Å². The average Bonchev–Trinajstić information content (AvgIpc) is 3.10. The molecule has 6 nitrogen and oxygen atoms in total. The topological polar surface area (TPSA) is 80.0 Å². The van der Waals surface area contributed by atoms with Crippen LogP contribution in [0.4, 0.5) is 13.2 Å². The fourth-order valence-electron chi connectivity index (χ4n) is 3.08. The van der Waals surface area contributed by atoms with Gasteiger partial charge >= 0.3 is 6.36 Å². The molecule has 0 saturated carbocycles. The summed E-state index contributed by atoms with van der Waals surface area (Å²) < 4.78 is 40.3. The van der Waals surface area contributed by atoms with Crippen molar-refractivity contribution >= 4 is 35.8 Å². The lowest BCUT2D eigenvalue weighted by atomic mass is 10.1. The number of guanidine groups is 1. The molecule has 3 rings (SSSR count). The third-order valence-corrected chi connectivity index (χ3v) is 4.63. The number of benzene rings is 2. The van der Waals surface area contributed by atoms with E-state index in [0.717, 1.165) is 24.1 Å². The van der Waals surface area contributed by atoms with E-state index in [1.807, 2.05) is 29.2 Å². The van der Waals surface area contributed by atoms with Crippen LogP contribution >= 0.6 is 24.0 Å². The summed E-state index contributed by atoms with van der Waals surface area (Å²) in [5.41, 5.74) is 8.65. The van der Waals surface area contributed by atoms with Gasteiger partial charge in [-0.2, -0.15) is 0 Å². The summed E-state index contributed by atoms with van der Waals surface area (Å²) in [4.78, 5) is 17.7. The van der Waals surface area contributed by atoms with Gasteiger partial charge in [-0.1, -0.05) is 36.4 Å². The van der Waals surface area contributed by atoms with Crippen molar-refractivity contribution in [1.82, 2.24) is 10.2 Å². The van der Waals surface area contributed by atoms with Crippen LogP contribution in [0.15, 0.2) is 53.5 Å². The second kappa shape index (κ2) is 11.2. The van der Waals surface area contributed by atoms with E-state index in [1.165, 1.54) is 24.3 Å². The lowest BCUT2D eigenvalue weighted by Gasteiger charge is -2.15. The van der Waals surface area contributed by atoms with Crippen LogP contribution in [0.25, 0.3) is 0 Å². The van der Waals surface area contributed by atoms with E-state index in [9.17, 15) is 18.0 Å². The van der Waals surface area contributed by atoms with Gasteiger partial charge in [-0.25, -0.2) is 4.99 Å². The van der Waals surface area contributed by atoms with Gasteiger partial charge in [0.25, 0.3) is 0 Å². The number of nitrogens with two attached hydrogens (primary N) is 1. The van der Waals surface area contributed by atoms with E-state index in [1.54, 1.807) is 0 Å². The van der Waals surface area contributed by atoms with Crippen molar-refractivity contribution in [3.63, 3.8) is 0 Å². The maximum Gasteiger partial charge on any atom is 0.573 e. The molecule has 1 aliphatic heterocycles. The normalized spacial score (nSPS) is 14.4. The molecule has 2 aromatic carbocycles. The molecular weight excluding hydrogens is 524 g/mol. The summed E-state index contributed by atoms with van der Waals surface area (Å²) in [5.74, 6) is 0.156. The maximum absolute atomic E-state index is 12.2. The quantitative estimate of drug-likeness (QED) is 0.313. The van der Waals surface area contributed by atoms with Crippen molar-refractivity contribution in [2.45, 2.75) is 38.8 Å². The Kier molecular flexibility index (Phi) is 8.96. The Morgan fingerprint density at radius 3 is 2.26 bits per heavy atom. The number of carbonyl (C=O) groups is 1. The first-order valence-corrected chi connectivity index (χ1v) is 9.52. The van der Waals surface area contributed by atoms with Gasteiger partial charge in [0, 0.05) is 26.1 Å². The van der Waals surface area contributed by atoms with E-state index < -0.39 is 6.36 Å². The highest BCUT2D eigenvalue weighted by Gasteiger charge is 2.30. The van der Waals surface area contributed by atoms with Crippen LogP contribution in [-0.4, -0.2) is 29.7 Å². The number of alkyl halides is 3. The Balaban J connectivity index is 0.00000341. The molecular formula is C21H24F3IN4O2. The minimum absolute atomic E-state index is 0. The van der Waals surface area contributed by atoms with E-state index in [4.69, 9.17) is 5.73 Å². The first-order valence-electron chi connectivity index (χ1n) is 9.52. The number of hydrogen-bond acceptors (Lipinski definition) is 3. The number of hydrogen-bond donors (Lipinski definition) is 2. The predicted molar refractivity (Wildman–Crippen MR) is 122 cm³/mol. The van der Waals surface area contributed by atoms with E-state index in [-0.39, 0.29) is 48.1 Å². The number of nitrogens with zero attached hydrogens (tertiary/aromatic N) is 2. The Hall–Kier alpha value is -2.50. The van der Waals surface area contributed by atoms with Crippen molar-refractivity contribution in [1.29, 1.82) is 0 Å². The number of nitrogens with one attached hydrogen (secondary N) is 1. The molecule has 1 aliphatic rings. The standard InChI is InChI=1S/C21H23F3N4O2.HI/c22-21(23,24)30-18-9-7-16(8-10-18)13-27-20(25)26-12-15-3-5-17(6-4-15)14-28-11-1-2-19(28)29;/h3-10H,1-2,11-14H2,(H3,25,26,27);1H. The Bertz CT molecular complexity index is 887. The summed E-state index contributed by atoms with van der Waals surface area (Å²) in [6.45, 7) is 2.15. The molecule has 31 heavy (non-hydrogen) atoms. The molecule has 3 N–H and O–H groups in total. The molecule has 0 aliphatic carbocycles. The molecule has 0 atom stereocenters. The summed E-state index contributed by atoms with van der Waals surface area (Å²) in [5, 5.41) is 3.00. The van der Waals surface area contributed by atoms with Crippen molar-refractivity contribution < 1.29 is 22.7 Å². The van der Waals surface area contributed by atoms with Gasteiger partial charge in [-0.05, 0) is 35.2 Å². The third-order valence-electron chi connectivity index (χ3n) is 4.63. The lowest BCUT2D eigenvalue weighted by molar-refractivity contribution is -0.274. The number of likely N-dealkylation sites (tertiary alicyclic amines) is 1. The van der Waals surface area contributed by atoms with Crippen LogP contribution in [-0.2, 0) is 24.4 Å². The molecule has 0 aromatic heterocycles. The minimum atomic E-state index is -4.71. The zero-order valence-electron chi connectivity index (χ0n) is 16.7. The van der Waals surface area contributed by atoms with Gasteiger partial charge in [-0.3, -0.25) is 4.79 Å². The van der Waals surface area contributed by atoms with Crippen molar-refractivity contribution in [3.8, 4) is 5.75 Å². The number of rotatable bonds is 7.